The predicted octanol–water partition coefficient (Wildman–Crippen LogP) is 2.83. The van der Waals surface area contributed by atoms with Gasteiger partial charge in [0.15, 0.2) is 0 Å². The van der Waals surface area contributed by atoms with Gasteiger partial charge in [0.2, 0.25) is 0 Å². The molecule has 1 rings (SSSR count). The fraction of sp³-hybridized carbons (Fsp3) is 1.00. The van der Waals surface area contributed by atoms with E-state index in [1.807, 2.05) is 7.11 Å². The summed E-state index contributed by atoms with van der Waals surface area (Å²) in [6.07, 6.45) is 7.20. The van der Waals surface area contributed by atoms with E-state index < -0.39 is 0 Å². The Morgan fingerprint density at radius 3 is 2.67 bits per heavy atom. The van der Waals surface area contributed by atoms with E-state index in [4.69, 9.17) is 4.74 Å². The first kappa shape index (κ1) is 13.0. The fourth-order valence-electron chi connectivity index (χ4n) is 2.49. The van der Waals surface area contributed by atoms with Gasteiger partial charge in [0.1, 0.15) is 0 Å². The van der Waals surface area contributed by atoms with Crippen molar-refractivity contribution in [1.82, 2.24) is 5.32 Å². The molecular formula is C13H27NO. The molecule has 90 valence electrons. The maximum Gasteiger partial charge on any atom is 0.0600 e. The molecule has 0 aliphatic heterocycles. The van der Waals surface area contributed by atoms with Gasteiger partial charge in [-0.1, -0.05) is 26.7 Å². The highest BCUT2D eigenvalue weighted by Gasteiger charge is 2.23. The standard InChI is InChI=1S/C13H27NO/c1-11(2)10-14-9-8-12-6-4-5-7-13(12)15-3/h11-14H,4-10H2,1-3H3. The van der Waals surface area contributed by atoms with E-state index in [-0.39, 0.29) is 0 Å². The van der Waals surface area contributed by atoms with Crippen molar-refractivity contribution in [3.8, 4) is 0 Å². The normalized spacial score (nSPS) is 27.2. The largest absolute Gasteiger partial charge is 0.381 e. The first-order valence-electron chi connectivity index (χ1n) is 6.47. The molecule has 0 heterocycles. The summed E-state index contributed by atoms with van der Waals surface area (Å²) in [6.45, 7) is 6.81. The molecule has 1 N–H and O–H groups in total. The minimum Gasteiger partial charge on any atom is -0.381 e. The predicted molar refractivity (Wildman–Crippen MR) is 65.1 cm³/mol. The van der Waals surface area contributed by atoms with Crippen molar-refractivity contribution in [3.63, 3.8) is 0 Å². The number of methoxy groups -OCH3 is 1. The summed E-state index contributed by atoms with van der Waals surface area (Å²) in [5.74, 6) is 1.55. The van der Waals surface area contributed by atoms with Crippen molar-refractivity contribution in [2.45, 2.75) is 52.1 Å². The second kappa shape index (κ2) is 7.24. The zero-order valence-electron chi connectivity index (χ0n) is 10.6. The Hall–Kier alpha value is -0.0800. The van der Waals surface area contributed by atoms with E-state index >= 15 is 0 Å². The Morgan fingerprint density at radius 1 is 1.27 bits per heavy atom. The highest BCUT2D eigenvalue weighted by atomic mass is 16.5. The van der Waals surface area contributed by atoms with Crippen LogP contribution in [0.2, 0.25) is 0 Å². The summed E-state index contributed by atoms with van der Waals surface area (Å²) in [5.41, 5.74) is 0. The van der Waals surface area contributed by atoms with Gasteiger partial charge in [0.05, 0.1) is 6.10 Å². The molecule has 2 unspecified atom stereocenters. The summed E-state index contributed by atoms with van der Waals surface area (Å²) in [5, 5.41) is 3.52. The molecule has 1 saturated carbocycles. The maximum absolute atomic E-state index is 5.55. The van der Waals surface area contributed by atoms with Gasteiger partial charge in [-0.2, -0.15) is 0 Å². The van der Waals surface area contributed by atoms with Gasteiger partial charge in [-0.05, 0) is 44.2 Å². The number of nitrogens with one attached hydrogen (secondary N) is 1. The summed E-state index contributed by atoms with van der Waals surface area (Å²) in [7, 11) is 1.87. The fourth-order valence-corrected chi connectivity index (χ4v) is 2.49. The second-order valence-corrected chi connectivity index (χ2v) is 5.21. The maximum atomic E-state index is 5.55. The molecule has 2 nitrogen and oxygen atoms in total. The molecule has 2 atom stereocenters. The summed E-state index contributed by atoms with van der Waals surface area (Å²) in [4.78, 5) is 0. The molecule has 0 aromatic carbocycles. The molecule has 0 bridgehead atoms. The summed E-state index contributed by atoms with van der Waals surface area (Å²) >= 11 is 0. The zero-order chi connectivity index (χ0) is 11.1. The van der Waals surface area contributed by atoms with Crippen LogP contribution in [-0.2, 0) is 4.74 Å². The molecule has 15 heavy (non-hydrogen) atoms. The minimum absolute atomic E-state index is 0.527. The molecular weight excluding hydrogens is 186 g/mol. The third-order valence-electron chi connectivity index (χ3n) is 3.39. The number of hydrogen-bond donors (Lipinski definition) is 1. The van der Waals surface area contributed by atoms with Crippen molar-refractivity contribution in [2.75, 3.05) is 20.2 Å². The molecule has 1 aliphatic carbocycles. The lowest BCUT2D eigenvalue weighted by Crippen LogP contribution is -2.30. The molecule has 0 aromatic heterocycles. The smallest absolute Gasteiger partial charge is 0.0600 e. The Morgan fingerprint density at radius 2 is 2.00 bits per heavy atom. The van der Waals surface area contributed by atoms with Gasteiger partial charge in [0.25, 0.3) is 0 Å². The third-order valence-corrected chi connectivity index (χ3v) is 3.39. The number of rotatable bonds is 6. The van der Waals surface area contributed by atoms with Crippen molar-refractivity contribution in [2.24, 2.45) is 11.8 Å². The van der Waals surface area contributed by atoms with E-state index in [9.17, 15) is 0 Å². The molecule has 1 fully saturated rings. The second-order valence-electron chi connectivity index (χ2n) is 5.21. The van der Waals surface area contributed by atoms with Crippen LogP contribution in [0, 0.1) is 11.8 Å². The third kappa shape index (κ3) is 4.98. The lowest BCUT2D eigenvalue weighted by molar-refractivity contribution is 0.0205. The van der Waals surface area contributed by atoms with Gasteiger partial charge in [-0.25, -0.2) is 0 Å². The molecule has 0 aromatic rings. The van der Waals surface area contributed by atoms with Crippen molar-refractivity contribution < 1.29 is 4.74 Å². The van der Waals surface area contributed by atoms with Crippen LogP contribution >= 0.6 is 0 Å². The van der Waals surface area contributed by atoms with Crippen molar-refractivity contribution in [3.05, 3.63) is 0 Å². The van der Waals surface area contributed by atoms with Gasteiger partial charge in [-0.3, -0.25) is 0 Å². The molecule has 0 radical (unpaired) electrons. The summed E-state index contributed by atoms with van der Waals surface area (Å²) in [6, 6.07) is 0. The Labute approximate surface area is 94.8 Å². The van der Waals surface area contributed by atoms with Crippen molar-refractivity contribution in [1.29, 1.82) is 0 Å². The van der Waals surface area contributed by atoms with Crippen LogP contribution in [-0.4, -0.2) is 26.3 Å². The van der Waals surface area contributed by atoms with E-state index in [1.54, 1.807) is 0 Å². The average molecular weight is 213 g/mol. The van der Waals surface area contributed by atoms with Crippen LogP contribution in [0.3, 0.4) is 0 Å². The lowest BCUT2D eigenvalue weighted by Gasteiger charge is -2.30. The zero-order valence-corrected chi connectivity index (χ0v) is 10.6. The highest BCUT2D eigenvalue weighted by molar-refractivity contribution is 4.76. The van der Waals surface area contributed by atoms with Gasteiger partial charge >= 0.3 is 0 Å². The monoisotopic (exact) mass is 213 g/mol. The van der Waals surface area contributed by atoms with Gasteiger partial charge in [0, 0.05) is 7.11 Å². The van der Waals surface area contributed by atoms with Crippen LogP contribution in [0.15, 0.2) is 0 Å². The Kier molecular flexibility index (Phi) is 6.26. The molecule has 0 spiro atoms. The lowest BCUT2D eigenvalue weighted by atomic mass is 9.84. The molecule has 0 amide bonds. The topological polar surface area (TPSA) is 21.3 Å². The number of ether oxygens (including phenoxy) is 1. The molecule has 0 saturated heterocycles. The van der Waals surface area contributed by atoms with Crippen LogP contribution in [0.4, 0.5) is 0 Å². The van der Waals surface area contributed by atoms with Gasteiger partial charge in [-0.15, -0.1) is 0 Å². The van der Waals surface area contributed by atoms with Crippen LogP contribution in [0.1, 0.15) is 46.0 Å². The molecule has 1 aliphatic rings. The van der Waals surface area contributed by atoms with Crippen molar-refractivity contribution >= 4 is 0 Å². The van der Waals surface area contributed by atoms with E-state index in [0.717, 1.165) is 24.9 Å². The minimum atomic E-state index is 0.527. The first-order valence-corrected chi connectivity index (χ1v) is 6.47. The Bertz CT molecular complexity index is 159. The quantitative estimate of drug-likeness (QED) is 0.685. The average Bonchev–Trinajstić information content (AvgIpc) is 2.24. The highest BCUT2D eigenvalue weighted by Crippen LogP contribution is 2.28. The van der Waals surface area contributed by atoms with E-state index in [2.05, 4.69) is 19.2 Å². The van der Waals surface area contributed by atoms with Crippen LogP contribution in [0.5, 0.6) is 0 Å². The van der Waals surface area contributed by atoms with Crippen LogP contribution < -0.4 is 5.32 Å². The SMILES string of the molecule is COC1CCCCC1CCNCC(C)C. The van der Waals surface area contributed by atoms with Gasteiger partial charge < -0.3 is 10.1 Å². The van der Waals surface area contributed by atoms with Crippen LogP contribution in [0.25, 0.3) is 0 Å². The first-order chi connectivity index (χ1) is 7.24. The summed E-state index contributed by atoms with van der Waals surface area (Å²) < 4.78 is 5.55. The number of hydrogen-bond acceptors (Lipinski definition) is 2. The van der Waals surface area contributed by atoms with E-state index in [1.165, 1.54) is 32.1 Å². The molecule has 2 heteroatoms. The van der Waals surface area contributed by atoms with E-state index in [0.29, 0.717) is 6.10 Å². The Balaban J connectivity index is 2.12.